The van der Waals surface area contributed by atoms with Crippen LogP contribution in [0.5, 0.6) is 11.5 Å². The summed E-state index contributed by atoms with van der Waals surface area (Å²) in [4.78, 5) is 22.9. The van der Waals surface area contributed by atoms with E-state index in [-0.39, 0.29) is 0 Å². The van der Waals surface area contributed by atoms with E-state index in [1.54, 1.807) is 24.3 Å². The van der Waals surface area contributed by atoms with Crippen molar-refractivity contribution in [3.8, 4) is 11.5 Å². The number of nitrogens with one attached hydrogen (secondary N) is 1. The topological polar surface area (TPSA) is 73.9 Å². The lowest BCUT2D eigenvalue weighted by atomic mass is 9.84. The molecule has 2 aliphatic rings. The highest BCUT2D eigenvalue weighted by atomic mass is 35.5. The van der Waals surface area contributed by atoms with Gasteiger partial charge in [0.1, 0.15) is 11.5 Å². The normalized spacial score (nSPS) is 19.1. The average molecular weight is 444 g/mol. The fourth-order valence-corrected chi connectivity index (χ4v) is 4.34. The highest BCUT2D eigenvalue weighted by Crippen LogP contribution is 2.36. The molecule has 2 aromatic carbocycles. The van der Waals surface area contributed by atoms with Crippen molar-refractivity contribution in [2.45, 2.75) is 50.5 Å². The van der Waals surface area contributed by atoms with Crippen LogP contribution in [0, 0.1) is 0 Å². The van der Waals surface area contributed by atoms with Crippen LogP contribution in [0.3, 0.4) is 0 Å². The number of carbonyl (C=O) groups is 2. The predicted octanol–water partition coefficient (Wildman–Crippen LogP) is 5.54. The lowest BCUT2D eigenvalue weighted by molar-refractivity contribution is -0.123. The molecule has 0 aromatic heterocycles. The van der Waals surface area contributed by atoms with Gasteiger partial charge in [-0.3, -0.25) is 10.1 Å². The number of alkyl carbamates (subject to hydrolysis) is 1. The number of rotatable bonds is 8. The molecule has 2 amide bonds. The van der Waals surface area contributed by atoms with Crippen LogP contribution < -0.4 is 14.8 Å². The number of amides is 2. The van der Waals surface area contributed by atoms with Crippen LogP contribution in [0.4, 0.5) is 4.79 Å². The number of cyclic esters (lactones) is 1. The summed E-state index contributed by atoms with van der Waals surface area (Å²) in [5.41, 5.74) is 1.88. The van der Waals surface area contributed by atoms with E-state index in [9.17, 15) is 9.59 Å². The van der Waals surface area contributed by atoms with Crippen molar-refractivity contribution >= 4 is 23.6 Å². The smallest absolute Gasteiger partial charge is 0.415 e. The molecule has 1 aliphatic carbocycles. The zero-order chi connectivity index (χ0) is 21.6. The second-order valence-electron chi connectivity index (χ2n) is 7.92. The van der Waals surface area contributed by atoms with Crippen LogP contribution in [-0.2, 0) is 9.53 Å². The molecule has 6 nitrogen and oxygen atoms in total. The van der Waals surface area contributed by atoms with E-state index in [2.05, 4.69) is 11.4 Å². The highest BCUT2D eigenvalue weighted by Gasteiger charge is 2.33. The largest absolute Gasteiger partial charge is 0.493 e. The van der Waals surface area contributed by atoms with Crippen LogP contribution in [0.15, 0.2) is 42.5 Å². The highest BCUT2D eigenvalue weighted by molar-refractivity contribution is 6.32. The molecule has 1 saturated heterocycles. The minimum Gasteiger partial charge on any atom is -0.493 e. The summed E-state index contributed by atoms with van der Waals surface area (Å²) < 4.78 is 16.6. The van der Waals surface area contributed by atoms with Crippen LogP contribution >= 0.6 is 11.6 Å². The van der Waals surface area contributed by atoms with Gasteiger partial charge < -0.3 is 14.2 Å². The monoisotopic (exact) mass is 443 g/mol. The molecule has 4 rings (SSSR count). The van der Waals surface area contributed by atoms with Crippen molar-refractivity contribution in [1.82, 2.24) is 5.32 Å². The first-order valence-corrected chi connectivity index (χ1v) is 11.1. The molecule has 0 spiro atoms. The van der Waals surface area contributed by atoms with Gasteiger partial charge in [-0.25, -0.2) is 4.79 Å². The Bertz CT molecular complexity index is 941. The molecule has 31 heavy (non-hydrogen) atoms. The fourth-order valence-electron chi connectivity index (χ4n) is 4.10. The van der Waals surface area contributed by atoms with E-state index in [4.69, 9.17) is 25.8 Å². The predicted molar refractivity (Wildman–Crippen MR) is 117 cm³/mol. The Morgan fingerprint density at radius 1 is 0.968 bits per heavy atom. The second-order valence-corrected chi connectivity index (χ2v) is 8.33. The zero-order valence-corrected chi connectivity index (χ0v) is 18.0. The SMILES string of the molecule is O=C1NC(=O)C(c2cccc(OCCCOc3ccc(C4CCCCC4)cc3Cl)c2)O1. The van der Waals surface area contributed by atoms with Gasteiger partial charge >= 0.3 is 6.09 Å². The number of benzene rings is 2. The van der Waals surface area contributed by atoms with Gasteiger partial charge in [-0.15, -0.1) is 0 Å². The number of halogens is 1. The van der Waals surface area contributed by atoms with Crippen molar-refractivity contribution in [1.29, 1.82) is 0 Å². The summed E-state index contributed by atoms with van der Waals surface area (Å²) in [6.45, 7) is 0.919. The van der Waals surface area contributed by atoms with E-state index in [0.717, 1.165) is 0 Å². The van der Waals surface area contributed by atoms with Gasteiger partial charge in [0.2, 0.25) is 6.10 Å². The van der Waals surface area contributed by atoms with E-state index >= 15 is 0 Å². The molecule has 0 radical (unpaired) electrons. The molecule has 1 N–H and O–H groups in total. The minimum absolute atomic E-state index is 0.442. The summed E-state index contributed by atoms with van der Waals surface area (Å²) in [5.74, 6) is 1.44. The lowest BCUT2D eigenvalue weighted by Gasteiger charge is -2.22. The second kappa shape index (κ2) is 10.1. The van der Waals surface area contributed by atoms with Gasteiger partial charge in [-0.2, -0.15) is 0 Å². The third-order valence-electron chi connectivity index (χ3n) is 5.70. The number of carbonyl (C=O) groups excluding carboxylic acids is 2. The summed E-state index contributed by atoms with van der Waals surface area (Å²) in [7, 11) is 0. The van der Waals surface area contributed by atoms with Crippen LogP contribution in [0.2, 0.25) is 5.02 Å². The Balaban J connectivity index is 1.23. The Labute approximate surface area is 186 Å². The van der Waals surface area contributed by atoms with Crippen molar-refractivity contribution in [2.75, 3.05) is 13.2 Å². The maximum atomic E-state index is 11.7. The number of hydrogen-bond acceptors (Lipinski definition) is 5. The molecule has 164 valence electrons. The molecular formula is C24H26ClNO5. The van der Waals surface area contributed by atoms with E-state index in [1.165, 1.54) is 37.7 Å². The lowest BCUT2D eigenvalue weighted by Crippen LogP contribution is -2.20. The third-order valence-corrected chi connectivity index (χ3v) is 5.99. The molecule has 2 aromatic rings. The van der Waals surface area contributed by atoms with Gasteiger partial charge in [0.25, 0.3) is 5.91 Å². The molecule has 1 saturated carbocycles. The molecule has 1 unspecified atom stereocenters. The number of hydrogen-bond donors (Lipinski definition) is 1. The van der Waals surface area contributed by atoms with Crippen molar-refractivity contribution in [3.63, 3.8) is 0 Å². The maximum Gasteiger partial charge on any atom is 0.415 e. The maximum absolute atomic E-state index is 11.7. The van der Waals surface area contributed by atoms with Gasteiger partial charge in [0, 0.05) is 12.0 Å². The first-order chi connectivity index (χ1) is 15.1. The number of ether oxygens (including phenoxy) is 3. The summed E-state index contributed by atoms with van der Waals surface area (Å²) in [6.07, 6.45) is 5.41. The quantitative estimate of drug-likeness (QED) is 0.542. The zero-order valence-electron chi connectivity index (χ0n) is 17.3. The Morgan fingerprint density at radius 2 is 1.77 bits per heavy atom. The molecule has 0 bridgehead atoms. The van der Waals surface area contributed by atoms with Gasteiger partial charge in [-0.1, -0.05) is 49.1 Å². The summed E-state index contributed by atoms with van der Waals surface area (Å²) in [5, 5.41) is 2.77. The summed E-state index contributed by atoms with van der Waals surface area (Å²) >= 11 is 6.43. The van der Waals surface area contributed by atoms with Gasteiger partial charge in [0.15, 0.2) is 0 Å². The number of imide groups is 1. The van der Waals surface area contributed by atoms with Gasteiger partial charge in [-0.05, 0) is 48.6 Å². The van der Waals surface area contributed by atoms with E-state index < -0.39 is 18.1 Å². The van der Waals surface area contributed by atoms with E-state index in [1.807, 2.05) is 12.1 Å². The van der Waals surface area contributed by atoms with Crippen LogP contribution in [0.25, 0.3) is 0 Å². The van der Waals surface area contributed by atoms with Crippen LogP contribution in [-0.4, -0.2) is 25.2 Å². The average Bonchev–Trinajstić information content (AvgIpc) is 3.13. The Morgan fingerprint density at radius 3 is 2.52 bits per heavy atom. The first kappa shape index (κ1) is 21.5. The third kappa shape index (κ3) is 5.50. The standard InChI is InChI=1S/C24H26ClNO5/c25-20-15-17(16-6-2-1-3-7-16)10-11-21(20)30-13-5-12-29-19-9-4-8-18(14-19)22-23(27)26-24(28)31-22/h4,8-11,14-16,22H,1-3,5-7,12-13H2,(H,26,27,28). The fraction of sp³-hybridized carbons (Fsp3) is 0.417. The molecule has 1 heterocycles. The Kier molecular flexibility index (Phi) is 6.97. The van der Waals surface area contributed by atoms with Crippen molar-refractivity contribution < 1.29 is 23.8 Å². The minimum atomic E-state index is -0.932. The molecule has 7 heteroatoms. The van der Waals surface area contributed by atoms with Gasteiger partial charge in [0.05, 0.1) is 18.2 Å². The Hall–Kier alpha value is -2.73. The molecule has 2 fully saturated rings. The molecular weight excluding hydrogens is 418 g/mol. The van der Waals surface area contributed by atoms with Crippen molar-refractivity contribution in [3.05, 3.63) is 58.6 Å². The van der Waals surface area contributed by atoms with E-state index in [0.29, 0.717) is 47.6 Å². The van der Waals surface area contributed by atoms with Crippen LogP contribution in [0.1, 0.15) is 61.7 Å². The molecule has 1 atom stereocenters. The van der Waals surface area contributed by atoms with Crippen molar-refractivity contribution in [2.24, 2.45) is 0 Å². The first-order valence-electron chi connectivity index (χ1n) is 10.8. The summed E-state index contributed by atoms with van der Waals surface area (Å²) in [6, 6.07) is 13.1. The molecule has 1 aliphatic heterocycles.